The molecule has 0 bridgehead atoms. The first kappa shape index (κ1) is 14.6. The van der Waals surface area contributed by atoms with E-state index < -0.39 is 6.03 Å². The molecule has 98 valence electrons. The van der Waals surface area contributed by atoms with Crippen LogP contribution >= 0.6 is 11.8 Å². The Kier molecular flexibility index (Phi) is 5.71. The van der Waals surface area contributed by atoms with E-state index in [0.29, 0.717) is 5.92 Å². The fourth-order valence-corrected chi connectivity index (χ4v) is 2.22. The molecule has 0 aliphatic rings. The van der Waals surface area contributed by atoms with E-state index in [9.17, 15) is 9.59 Å². The molecule has 0 aromatic heterocycles. The minimum absolute atomic E-state index is 0.231. The molecule has 0 saturated carbocycles. The second-order valence-corrected chi connectivity index (χ2v) is 5.29. The lowest BCUT2D eigenvalue weighted by atomic mass is 10.0. The molecule has 0 unspecified atom stereocenters. The Balaban J connectivity index is 2.35. The molecule has 0 atom stereocenters. The molecular formula is C13H18N2O2S. The Bertz CT molecular complexity index is 416. The highest BCUT2D eigenvalue weighted by Gasteiger charge is 2.04. The van der Waals surface area contributed by atoms with Gasteiger partial charge in [-0.2, -0.15) is 0 Å². The molecule has 18 heavy (non-hydrogen) atoms. The molecule has 0 radical (unpaired) electrons. The molecule has 3 amide bonds. The predicted molar refractivity (Wildman–Crippen MR) is 74.4 cm³/mol. The third-order valence-electron chi connectivity index (χ3n) is 2.41. The molecule has 1 aromatic rings. The van der Waals surface area contributed by atoms with E-state index in [0.717, 1.165) is 11.3 Å². The highest BCUT2D eigenvalue weighted by atomic mass is 32.2. The van der Waals surface area contributed by atoms with Crippen molar-refractivity contribution in [3.05, 3.63) is 35.4 Å². The standard InChI is InChI=1S/C13H18N2O2S/c1-9(2)11-5-3-10(4-6-11)7-18-8-12(16)15-13(14)17/h3-6,9H,7-8H2,1-2H3,(H3,14,15,16,17). The van der Waals surface area contributed by atoms with Crippen molar-refractivity contribution >= 4 is 23.7 Å². The molecule has 0 aliphatic carbocycles. The van der Waals surface area contributed by atoms with Gasteiger partial charge < -0.3 is 5.73 Å². The number of imide groups is 1. The second-order valence-electron chi connectivity index (χ2n) is 4.30. The average Bonchev–Trinajstić information content (AvgIpc) is 2.28. The fourth-order valence-electron chi connectivity index (χ4n) is 1.43. The molecule has 3 N–H and O–H groups in total. The van der Waals surface area contributed by atoms with Gasteiger partial charge in [-0.05, 0) is 17.0 Å². The zero-order valence-electron chi connectivity index (χ0n) is 10.6. The molecule has 0 heterocycles. The van der Waals surface area contributed by atoms with Gasteiger partial charge in [-0.3, -0.25) is 10.1 Å². The summed E-state index contributed by atoms with van der Waals surface area (Å²) < 4.78 is 0. The first-order chi connectivity index (χ1) is 8.49. The number of carbonyl (C=O) groups excluding carboxylic acids is 2. The summed E-state index contributed by atoms with van der Waals surface area (Å²) in [7, 11) is 0. The van der Waals surface area contributed by atoms with E-state index in [-0.39, 0.29) is 11.7 Å². The quantitative estimate of drug-likeness (QED) is 0.858. The number of rotatable bonds is 5. The number of amides is 3. The van der Waals surface area contributed by atoms with E-state index in [1.165, 1.54) is 17.3 Å². The van der Waals surface area contributed by atoms with Crippen LogP contribution < -0.4 is 11.1 Å². The summed E-state index contributed by atoms with van der Waals surface area (Å²) >= 11 is 1.45. The molecule has 1 aromatic carbocycles. The first-order valence-corrected chi connectivity index (χ1v) is 6.90. The number of nitrogens with one attached hydrogen (secondary N) is 1. The van der Waals surface area contributed by atoms with Crippen LogP contribution in [-0.4, -0.2) is 17.7 Å². The third kappa shape index (κ3) is 5.23. The van der Waals surface area contributed by atoms with Gasteiger partial charge in [-0.15, -0.1) is 11.8 Å². The van der Waals surface area contributed by atoms with Crippen molar-refractivity contribution in [3.63, 3.8) is 0 Å². The van der Waals surface area contributed by atoms with Crippen LogP contribution in [0, 0.1) is 0 Å². The summed E-state index contributed by atoms with van der Waals surface area (Å²) in [6.07, 6.45) is 0. The maximum Gasteiger partial charge on any atom is 0.318 e. The summed E-state index contributed by atoms with van der Waals surface area (Å²) in [6, 6.07) is 7.53. The van der Waals surface area contributed by atoms with Crippen molar-refractivity contribution in [2.45, 2.75) is 25.5 Å². The molecule has 0 spiro atoms. The number of carbonyl (C=O) groups is 2. The molecule has 0 aliphatic heterocycles. The monoisotopic (exact) mass is 266 g/mol. The van der Waals surface area contributed by atoms with E-state index >= 15 is 0 Å². The molecule has 0 fully saturated rings. The normalized spacial score (nSPS) is 10.4. The van der Waals surface area contributed by atoms with Gasteiger partial charge in [0.15, 0.2) is 0 Å². The van der Waals surface area contributed by atoms with Gasteiger partial charge in [0.1, 0.15) is 0 Å². The predicted octanol–water partition coefficient (Wildman–Crippen LogP) is 2.24. The smallest absolute Gasteiger partial charge is 0.318 e. The third-order valence-corrected chi connectivity index (χ3v) is 3.41. The van der Waals surface area contributed by atoms with Crippen LogP contribution in [0.3, 0.4) is 0 Å². The van der Waals surface area contributed by atoms with Gasteiger partial charge in [0.25, 0.3) is 0 Å². The summed E-state index contributed by atoms with van der Waals surface area (Å²) in [6.45, 7) is 4.30. The minimum Gasteiger partial charge on any atom is -0.351 e. The van der Waals surface area contributed by atoms with E-state index in [1.54, 1.807) is 0 Å². The fraction of sp³-hybridized carbons (Fsp3) is 0.385. The van der Waals surface area contributed by atoms with Crippen molar-refractivity contribution in [1.29, 1.82) is 0 Å². The number of hydrogen-bond acceptors (Lipinski definition) is 3. The number of primary amides is 1. The maximum atomic E-state index is 11.2. The lowest BCUT2D eigenvalue weighted by Crippen LogP contribution is -2.36. The van der Waals surface area contributed by atoms with Crippen molar-refractivity contribution in [3.8, 4) is 0 Å². The lowest BCUT2D eigenvalue weighted by molar-refractivity contribution is -0.117. The zero-order valence-corrected chi connectivity index (χ0v) is 11.4. The highest BCUT2D eigenvalue weighted by Crippen LogP contribution is 2.17. The van der Waals surface area contributed by atoms with Gasteiger partial charge in [-0.1, -0.05) is 38.1 Å². The molecule has 1 rings (SSSR count). The van der Waals surface area contributed by atoms with Gasteiger partial charge in [0.2, 0.25) is 5.91 Å². The summed E-state index contributed by atoms with van der Waals surface area (Å²) in [5.41, 5.74) is 7.31. The Morgan fingerprint density at radius 2 is 1.89 bits per heavy atom. The second kappa shape index (κ2) is 7.06. The van der Waals surface area contributed by atoms with Crippen molar-refractivity contribution in [2.75, 3.05) is 5.75 Å². The summed E-state index contributed by atoms with van der Waals surface area (Å²) in [5, 5.41) is 2.03. The summed E-state index contributed by atoms with van der Waals surface area (Å²) in [5.74, 6) is 1.14. The number of hydrogen-bond donors (Lipinski definition) is 2. The maximum absolute atomic E-state index is 11.2. The van der Waals surface area contributed by atoms with Crippen molar-refractivity contribution in [2.24, 2.45) is 5.73 Å². The van der Waals surface area contributed by atoms with Crippen LogP contribution in [-0.2, 0) is 10.5 Å². The van der Waals surface area contributed by atoms with Crippen LogP contribution in [0.15, 0.2) is 24.3 Å². The minimum atomic E-state index is -0.804. The highest BCUT2D eigenvalue weighted by molar-refractivity contribution is 7.99. The van der Waals surface area contributed by atoms with Gasteiger partial charge in [0.05, 0.1) is 5.75 Å². The number of nitrogens with two attached hydrogens (primary N) is 1. The number of thioether (sulfide) groups is 1. The van der Waals surface area contributed by atoms with Gasteiger partial charge in [-0.25, -0.2) is 4.79 Å². The van der Waals surface area contributed by atoms with Crippen LogP contribution in [0.25, 0.3) is 0 Å². The first-order valence-electron chi connectivity index (χ1n) is 5.75. The Hall–Kier alpha value is -1.49. The van der Waals surface area contributed by atoms with Crippen molar-refractivity contribution < 1.29 is 9.59 Å². The van der Waals surface area contributed by atoms with Crippen molar-refractivity contribution in [1.82, 2.24) is 5.32 Å². The lowest BCUT2D eigenvalue weighted by Gasteiger charge is -2.06. The van der Waals surface area contributed by atoms with E-state index in [4.69, 9.17) is 5.73 Å². The SMILES string of the molecule is CC(C)c1ccc(CSCC(=O)NC(N)=O)cc1. The van der Waals surface area contributed by atoms with Crippen LogP contribution in [0.5, 0.6) is 0 Å². The molecule has 0 saturated heterocycles. The molecular weight excluding hydrogens is 248 g/mol. The molecule has 5 heteroatoms. The Morgan fingerprint density at radius 1 is 1.28 bits per heavy atom. The van der Waals surface area contributed by atoms with Gasteiger partial charge in [0, 0.05) is 5.75 Å². The Morgan fingerprint density at radius 3 is 2.39 bits per heavy atom. The number of benzene rings is 1. The number of urea groups is 1. The average molecular weight is 266 g/mol. The van der Waals surface area contributed by atoms with Crippen LogP contribution in [0.2, 0.25) is 0 Å². The van der Waals surface area contributed by atoms with Crippen LogP contribution in [0.1, 0.15) is 30.9 Å². The van der Waals surface area contributed by atoms with E-state index in [2.05, 4.69) is 38.1 Å². The Labute approximate surface area is 111 Å². The van der Waals surface area contributed by atoms with Gasteiger partial charge >= 0.3 is 6.03 Å². The topological polar surface area (TPSA) is 72.2 Å². The molecule has 4 nitrogen and oxygen atoms in total. The van der Waals surface area contributed by atoms with Crippen LogP contribution in [0.4, 0.5) is 4.79 Å². The zero-order chi connectivity index (χ0) is 13.5. The summed E-state index contributed by atoms with van der Waals surface area (Å²) in [4.78, 5) is 21.6. The largest absolute Gasteiger partial charge is 0.351 e. The van der Waals surface area contributed by atoms with E-state index in [1.807, 2.05) is 5.32 Å².